The number of carbonyl (C=O) groups excluding carboxylic acids is 1. The number of aliphatic imine (C=N–C) groups is 1. The Labute approximate surface area is 176 Å². The average molecular weight is 403 g/mol. The molecule has 7 nitrogen and oxygen atoms in total. The molecular weight excluding hydrogens is 376 g/mol. The maximum Gasteiger partial charge on any atom is 0.323 e. The smallest absolute Gasteiger partial charge is 0.323 e. The highest BCUT2D eigenvalue weighted by atomic mass is 16.2. The monoisotopic (exact) mass is 402 g/mol. The molecule has 30 heavy (non-hydrogen) atoms. The highest BCUT2D eigenvalue weighted by molar-refractivity contribution is 5.89. The van der Waals surface area contributed by atoms with Crippen molar-refractivity contribution in [3.8, 4) is 0 Å². The topological polar surface area (TPSA) is 73.7 Å². The minimum atomic E-state index is -0.197. The van der Waals surface area contributed by atoms with Crippen LogP contribution in [-0.2, 0) is 0 Å². The number of hydrogen-bond donors (Lipinski definition) is 1. The first-order chi connectivity index (χ1) is 14.6. The van der Waals surface area contributed by atoms with E-state index < -0.39 is 0 Å². The minimum Gasteiger partial charge on any atom is -0.375 e. The van der Waals surface area contributed by atoms with Crippen LogP contribution in [0.25, 0.3) is 5.70 Å². The maximum absolute atomic E-state index is 13.2. The summed E-state index contributed by atoms with van der Waals surface area (Å²) in [6.45, 7) is 5.58. The Morgan fingerprint density at radius 3 is 2.93 bits per heavy atom. The first-order valence-electron chi connectivity index (χ1n) is 10.2. The van der Waals surface area contributed by atoms with Crippen LogP contribution in [0.2, 0.25) is 0 Å². The summed E-state index contributed by atoms with van der Waals surface area (Å²) in [6.07, 6.45) is 12.1. The van der Waals surface area contributed by atoms with Crippen molar-refractivity contribution in [2.75, 3.05) is 13.1 Å². The van der Waals surface area contributed by atoms with E-state index in [1.165, 1.54) is 0 Å². The highest BCUT2D eigenvalue weighted by Gasteiger charge is 2.30. The van der Waals surface area contributed by atoms with Gasteiger partial charge in [0.25, 0.3) is 0 Å². The SMILES string of the molecule is Cc1cc(C2=CC=CN3CC[C@@H](C3)N(C(=O)N[C@@H](C)c3ccccn3)C=N2)ccn1. The van der Waals surface area contributed by atoms with Gasteiger partial charge < -0.3 is 10.2 Å². The Morgan fingerprint density at radius 2 is 2.13 bits per heavy atom. The Kier molecular flexibility index (Phi) is 5.88. The van der Waals surface area contributed by atoms with Crippen LogP contribution in [0.5, 0.6) is 0 Å². The van der Waals surface area contributed by atoms with Gasteiger partial charge in [0.2, 0.25) is 0 Å². The molecule has 2 aliphatic heterocycles. The van der Waals surface area contributed by atoms with Gasteiger partial charge in [-0.3, -0.25) is 14.9 Å². The van der Waals surface area contributed by atoms with Gasteiger partial charge in [0.15, 0.2) is 0 Å². The minimum absolute atomic E-state index is 0.0628. The van der Waals surface area contributed by atoms with Crippen LogP contribution < -0.4 is 5.32 Å². The van der Waals surface area contributed by atoms with E-state index in [4.69, 9.17) is 0 Å². The zero-order valence-corrected chi connectivity index (χ0v) is 17.3. The summed E-state index contributed by atoms with van der Waals surface area (Å²) in [6, 6.07) is 9.32. The number of allylic oxidation sites excluding steroid dienone is 2. The maximum atomic E-state index is 13.2. The molecule has 2 aliphatic rings. The van der Waals surface area contributed by atoms with Crippen LogP contribution in [0.3, 0.4) is 0 Å². The molecule has 1 fully saturated rings. The number of pyridine rings is 2. The summed E-state index contributed by atoms with van der Waals surface area (Å²) in [4.78, 5) is 30.4. The number of nitrogens with one attached hydrogen (secondary N) is 1. The van der Waals surface area contributed by atoms with Crippen molar-refractivity contribution in [3.05, 3.63) is 78.0 Å². The van der Waals surface area contributed by atoms with Crippen molar-refractivity contribution in [1.29, 1.82) is 0 Å². The van der Waals surface area contributed by atoms with E-state index in [9.17, 15) is 4.79 Å². The Hall–Kier alpha value is -3.48. The van der Waals surface area contributed by atoms with Crippen LogP contribution in [0, 0.1) is 6.92 Å². The molecular formula is C23H26N6O. The lowest BCUT2D eigenvalue weighted by atomic mass is 10.1. The molecule has 0 aromatic carbocycles. The lowest BCUT2D eigenvalue weighted by Gasteiger charge is -2.27. The molecule has 2 amide bonds. The van der Waals surface area contributed by atoms with Crippen molar-refractivity contribution >= 4 is 18.1 Å². The summed E-state index contributed by atoms with van der Waals surface area (Å²) >= 11 is 0. The van der Waals surface area contributed by atoms with Gasteiger partial charge in [-0.05, 0) is 62.9 Å². The number of aromatic nitrogens is 2. The van der Waals surface area contributed by atoms with E-state index in [1.54, 1.807) is 23.6 Å². The van der Waals surface area contributed by atoms with Crippen molar-refractivity contribution in [2.45, 2.75) is 32.4 Å². The van der Waals surface area contributed by atoms with E-state index >= 15 is 0 Å². The summed E-state index contributed by atoms with van der Waals surface area (Å²) in [5.41, 5.74) is 3.50. The lowest BCUT2D eigenvalue weighted by Crippen LogP contribution is -2.47. The highest BCUT2D eigenvalue weighted by Crippen LogP contribution is 2.21. The molecule has 1 N–H and O–H groups in total. The van der Waals surface area contributed by atoms with Crippen molar-refractivity contribution < 1.29 is 4.79 Å². The Morgan fingerprint density at radius 1 is 1.23 bits per heavy atom. The zero-order valence-electron chi connectivity index (χ0n) is 17.3. The molecule has 2 bridgehead atoms. The predicted molar refractivity (Wildman–Crippen MR) is 118 cm³/mol. The normalized spacial score (nSPS) is 19.4. The summed E-state index contributed by atoms with van der Waals surface area (Å²) < 4.78 is 0. The van der Waals surface area contributed by atoms with E-state index in [0.717, 1.165) is 42.2 Å². The van der Waals surface area contributed by atoms with Crippen LogP contribution in [-0.4, -0.2) is 51.3 Å². The third-order valence-electron chi connectivity index (χ3n) is 5.36. The fourth-order valence-electron chi connectivity index (χ4n) is 3.71. The van der Waals surface area contributed by atoms with Crippen LogP contribution in [0.1, 0.15) is 36.3 Å². The lowest BCUT2D eigenvalue weighted by molar-refractivity contribution is 0.207. The van der Waals surface area contributed by atoms with Gasteiger partial charge in [-0.15, -0.1) is 0 Å². The third-order valence-corrected chi connectivity index (χ3v) is 5.36. The zero-order chi connectivity index (χ0) is 20.9. The Balaban J connectivity index is 1.60. The van der Waals surface area contributed by atoms with Crippen LogP contribution in [0.15, 0.2) is 66.1 Å². The number of amides is 2. The van der Waals surface area contributed by atoms with Gasteiger partial charge in [0, 0.05) is 36.7 Å². The van der Waals surface area contributed by atoms with E-state index in [-0.39, 0.29) is 18.1 Å². The van der Waals surface area contributed by atoms with Crippen molar-refractivity contribution in [2.24, 2.45) is 4.99 Å². The summed E-state index contributed by atoms with van der Waals surface area (Å²) in [5, 5.41) is 3.06. The quantitative estimate of drug-likeness (QED) is 0.852. The van der Waals surface area contributed by atoms with Crippen LogP contribution >= 0.6 is 0 Å². The van der Waals surface area contributed by atoms with E-state index in [0.29, 0.717) is 0 Å². The molecule has 2 atom stereocenters. The van der Waals surface area contributed by atoms with Crippen molar-refractivity contribution in [3.63, 3.8) is 0 Å². The largest absolute Gasteiger partial charge is 0.375 e. The van der Waals surface area contributed by atoms with Gasteiger partial charge in [0.05, 0.1) is 29.8 Å². The third kappa shape index (κ3) is 4.56. The Bertz CT molecular complexity index is 984. The molecule has 0 saturated carbocycles. The fourth-order valence-corrected chi connectivity index (χ4v) is 3.71. The number of nitrogens with zero attached hydrogens (tertiary/aromatic N) is 5. The second-order valence-corrected chi connectivity index (χ2v) is 7.59. The molecule has 4 heterocycles. The number of rotatable bonds is 3. The molecule has 2 aromatic heterocycles. The first kappa shape index (κ1) is 19.8. The molecule has 154 valence electrons. The molecule has 4 rings (SSSR count). The first-order valence-corrected chi connectivity index (χ1v) is 10.2. The molecule has 2 aromatic rings. The molecule has 0 unspecified atom stereocenters. The molecule has 0 aliphatic carbocycles. The number of urea groups is 1. The number of aryl methyl sites for hydroxylation is 1. The average Bonchev–Trinajstić information content (AvgIpc) is 3.20. The van der Waals surface area contributed by atoms with Gasteiger partial charge >= 0.3 is 6.03 Å². The number of fused-ring (bicyclic) bond motifs is 2. The van der Waals surface area contributed by atoms with E-state index in [1.807, 2.05) is 56.3 Å². The van der Waals surface area contributed by atoms with E-state index in [2.05, 4.69) is 31.4 Å². The molecule has 1 saturated heterocycles. The number of hydrogen-bond acceptors (Lipinski definition) is 5. The predicted octanol–water partition coefficient (Wildman–Crippen LogP) is 3.53. The fraction of sp³-hybridized carbons (Fsp3) is 0.304. The second kappa shape index (κ2) is 8.90. The summed E-state index contributed by atoms with van der Waals surface area (Å²) in [5.74, 6) is 0. The summed E-state index contributed by atoms with van der Waals surface area (Å²) in [7, 11) is 0. The van der Waals surface area contributed by atoms with Gasteiger partial charge in [0.1, 0.15) is 0 Å². The van der Waals surface area contributed by atoms with Gasteiger partial charge in [-0.2, -0.15) is 0 Å². The molecule has 0 spiro atoms. The molecule has 0 radical (unpaired) electrons. The van der Waals surface area contributed by atoms with Gasteiger partial charge in [-0.25, -0.2) is 9.79 Å². The van der Waals surface area contributed by atoms with Gasteiger partial charge in [-0.1, -0.05) is 6.07 Å². The standard InChI is InChI=1S/C23H26N6O/c1-17-14-19(8-11-24-17)22-7-5-12-28-13-9-20(15-28)29(16-26-22)23(30)27-18(2)21-6-3-4-10-25-21/h3-8,10-12,14,16,18,20H,9,13,15H2,1-2H3,(H,27,30)/t18-,20-/m0/s1. The number of carbonyl (C=O) groups is 1. The van der Waals surface area contributed by atoms with Crippen LogP contribution in [0.4, 0.5) is 4.79 Å². The molecule has 7 heteroatoms. The second-order valence-electron chi connectivity index (χ2n) is 7.59. The van der Waals surface area contributed by atoms with Crippen molar-refractivity contribution in [1.82, 2.24) is 25.1 Å².